The Labute approximate surface area is 129 Å². The number of rotatable bonds is 2. The fourth-order valence-corrected chi connectivity index (χ4v) is 2.89. The van der Waals surface area contributed by atoms with Crippen LogP contribution in [0, 0.1) is 20.8 Å². The molecule has 7 heteroatoms. The monoisotopic (exact) mass is 304 g/mol. The van der Waals surface area contributed by atoms with E-state index in [2.05, 4.69) is 5.32 Å². The fraction of sp³-hybridized carbons (Fsp3) is 0.357. The Balaban J connectivity index is 2.21. The summed E-state index contributed by atoms with van der Waals surface area (Å²) in [6, 6.07) is 2.79. The first kappa shape index (κ1) is 15.5. The van der Waals surface area contributed by atoms with Crippen LogP contribution in [-0.4, -0.2) is 39.8 Å². The van der Waals surface area contributed by atoms with E-state index in [1.165, 1.54) is 0 Å². The van der Waals surface area contributed by atoms with Crippen molar-refractivity contribution in [1.29, 1.82) is 0 Å². The van der Waals surface area contributed by atoms with E-state index in [4.69, 9.17) is 7.58 Å². The smallest absolute Gasteiger partial charge is 0.589 e. The van der Waals surface area contributed by atoms with Crippen LogP contribution in [0.3, 0.4) is 0 Å². The molecule has 1 aromatic carbocycles. The van der Waals surface area contributed by atoms with Gasteiger partial charge in [0.1, 0.15) is 6.04 Å². The first-order chi connectivity index (χ1) is 9.88. The molecule has 1 aromatic rings. The van der Waals surface area contributed by atoms with Gasteiger partial charge >= 0.3 is 15.9 Å². The predicted octanol–water partition coefficient (Wildman–Crippen LogP) is 0.735. The summed E-state index contributed by atoms with van der Waals surface area (Å²) in [7, 11) is 0. The maximum atomic E-state index is 12.4. The minimum atomic E-state index is -1.14. The Morgan fingerprint density at radius 2 is 1.81 bits per heavy atom. The maximum Gasteiger partial charge on any atom is 0.885 e. The van der Waals surface area contributed by atoms with Crippen LogP contribution < -0.4 is 5.32 Å². The second-order valence-electron chi connectivity index (χ2n) is 5.03. The zero-order valence-electron chi connectivity index (χ0n) is 12.1. The highest BCUT2D eigenvalue weighted by Crippen LogP contribution is 2.17. The molecule has 1 radical (unpaired) electrons. The van der Waals surface area contributed by atoms with Gasteiger partial charge in [-0.3, -0.25) is 14.4 Å². The van der Waals surface area contributed by atoms with Gasteiger partial charge in [-0.1, -0.05) is 17.7 Å². The summed E-state index contributed by atoms with van der Waals surface area (Å²) in [4.78, 5) is 35.4. The summed E-state index contributed by atoms with van der Waals surface area (Å²) in [5.74, 6) is -1.57. The lowest BCUT2D eigenvalue weighted by Crippen LogP contribution is -2.42. The maximum absolute atomic E-state index is 12.4. The molecule has 6 nitrogen and oxygen atoms in total. The van der Waals surface area contributed by atoms with Crippen molar-refractivity contribution >= 4 is 33.7 Å². The van der Waals surface area contributed by atoms with Crippen molar-refractivity contribution in [2.24, 2.45) is 0 Å². The van der Waals surface area contributed by atoms with Crippen LogP contribution in [0.5, 0.6) is 0 Å². The molecule has 0 aromatic heterocycles. The standard InChI is InChI=1S/C14H17NO5.Al/c1-7-4-8(2)12(9(3)5-7)13(18)15-10(14(19)20)6-11(16)17;/h4-5,10H,6H2,1-3H3,(H,15,18)(H,16,17)(H,19,20);/q;+2/p-2/t10-;/m1./s1. The molecule has 0 spiro atoms. The van der Waals surface area contributed by atoms with Crippen molar-refractivity contribution in [3.05, 3.63) is 34.4 Å². The highest BCUT2D eigenvalue weighted by molar-refractivity contribution is 6.27. The fourth-order valence-electron chi connectivity index (χ4n) is 2.38. The van der Waals surface area contributed by atoms with E-state index >= 15 is 0 Å². The van der Waals surface area contributed by atoms with E-state index in [1.807, 2.05) is 32.9 Å². The Morgan fingerprint density at radius 1 is 1.19 bits per heavy atom. The first-order valence-corrected chi connectivity index (χ1v) is 7.43. The number of aryl methyl sites for hydroxylation is 3. The zero-order chi connectivity index (χ0) is 15.6. The van der Waals surface area contributed by atoms with Gasteiger partial charge in [0.05, 0.1) is 6.42 Å². The van der Waals surface area contributed by atoms with Crippen LogP contribution in [0.15, 0.2) is 12.1 Å². The third kappa shape index (κ3) is 3.63. The van der Waals surface area contributed by atoms with Crippen LogP contribution in [0.4, 0.5) is 0 Å². The predicted molar refractivity (Wildman–Crippen MR) is 74.5 cm³/mol. The van der Waals surface area contributed by atoms with Crippen molar-refractivity contribution in [1.82, 2.24) is 5.32 Å². The third-order valence-corrected chi connectivity index (χ3v) is 3.90. The number of hydrogen-bond donors (Lipinski definition) is 1. The van der Waals surface area contributed by atoms with E-state index in [9.17, 15) is 14.4 Å². The van der Waals surface area contributed by atoms with Crippen LogP contribution >= 0.6 is 0 Å². The molecule has 0 saturated carbocycles. The van der Waals surface area contributed by atoms with Crippen molar-refractivity contribution in [2.75, 3.05) is 0 Å². The van der Waals surface area contributed by atoms with Crippen LogP contribution in [0.25, 0.3) is 0 Å². The van der Waals surface area contributed by atoms with Crippen molar-refractivity contribution in [3.63, 3.8) is 0 Å². The van der Waals surface area contributed by atoms with Crippen LogP contribution in [-0.2, 0) is 17.2 Å². The summed E-state index contributed by atoms with van der Waals surface area (Å²) in [6.07, 6.45) is -0.207. The molecule has 2 rings (SSSR count). The Kier molecular flexibility index (Phi) is 4.66. The second-order valence-corrected chi connectivity index (χ2v) is 5.69. The topological polar surface area (TPSA) is 81.7 Å². The van der Waals surface area contributed by atoms with Gasteiger partial charge < -0.3 is 12.9 Å². The van der Waals surface area contributed by atoms with E-state index in [1.54, 1.807) is 0 Å². The molecule has 1 fully saturated rings. The van der Waals surface area contributed by atoms with Crippen molar-refractivity contribution < 1.29 is 22.0 Å². The molecule has 0 aliphatic carbocycles. The van der Waals surface area contributed by atoms with Gasteiger partial charge in [-0.2, -0.15) is 0 Å². The number of hydrogen-bond acceptors (Lipinski definition) is 5. The lowest BCUT2D eigenvalue weighted by Gasteiger charge is -2.16. The number of benzene rings is 1. The zero-order valence-corrected chi connectivity index (χ0v) is 13.2. The lowest BCUT2D eigenvalue weighted by atomic mass is 9.99. The number of amides is 1. The Bertz CT molecular complexity index is 590. The summed E-state index contributed by atoms with van der Waals surface area (Å²) in [5.41, 5.74) is 3.21. The molecule has 1 N–H and O–H groups in total. The Hall–Kier alpha value is -1.84. The number of carbonyl (C=O) groups is 3. The number of nitrogens with one attached hydrogen (secondary N) is 1. The van der Waals surface area contributed by atoms with E-state index in [-0.39, 0.29) is 6.42 Å². The number of carbonyl (C=O) groups excluding carboxylic acids is 3. The molecule has 21 heavy (non-hydrogen) atoms. The SMILES string of the molecule is Cc1cc(C)c(C(=O)N[C@@H]2CC(=O)[O][Al][O]C2=O)c(C)c1. The van der Waals surface area contributed by atoms with Gasteiger partial charge in [0.2, 0.25) is 0 Å². The lowest BCUT2D eigenvalue weighted by molar-refractivity contribution is -0.137. The van der Waals surface area contributed by atoms with Crippen LogP contribution in [0.1, 0.15) is 33.5 Å². The van der Waals surface area contributed by atoms with Gasteiger partial charge in [0.25, 0.3) is 17.8 Å². The normalized spacial score (nSPS) is 18.1. The summed E-state index contributed by atoms with van der Waals surface area (Å²) in [6.45, 7) is 5.61. The van der Waals surface area contributed by atoms with E-state index < -0.39 is 39.8 Å². The van der Waals surface area contributed by atoms with Gasteiger partial charge in [-0.15, -0.1) is 0 Å². The van der Waals surface area contributed by atoms with Gasteiger partial charge in [-0.05, 0) is 31.9 Å². The molecule has 1 saturated heterocycles. The van der Waals surface area contributed by atoms with Crippen LogP contribution in [0.2, 0.25) is 0 Å². The third-order valence-electron chi connectivity index (χ3n) is 3.21. The van der Waals surface area contributed by atoms with Gasteiger partial charge in [-0.25, -0.2) is 0 Å². The Morgan fingerprint density at radius 3 is 2.43 bits per heavy atom. The molecule has 1 heterocycles. The molecule has 109 valence electrons. The van der Waals surface area contributed by atoms with Crippen molar-refractivity contribution in [2.45, 2.75) is 33.2 Å². The minimum Gasteiger partial charge on any atom is -0.589 e. The molecule has 0 unspecified atom stereocenters. The summed E-state index contributed by atoms with van der Waals surface area (Å²) in [5, 5.41) is 2.56. The van der Waals surface area contributed by atoms with E-state index in [0.29, 0.717) is 5.56 Å². The van der Waals surface area contributed by atoms with Gasteiger partial charge in [0, 0.05) is 5.56 Å². The molecule has 1 aliphatic heterocycles. The highest BCUT2D eigenvalue weighted by Gasteiger charge is 2.31. The molecular formula is C14H15AlNO5. The van der Waals surface area contributed by atoms with E-state index in [0.717, 1.165) is 16.7 Å². The first-order valence-electron chi connectivity index (χ1n) is 6.49. The largest absolute Gasteiger partial charge is 0.885 e. The highest BCUT2D eigenvalue weighted by atomic mass is 27.2. The summed E-state index contributed by atoms with van der Waals surface area (Å²) < 4.78 is 9.49. The minimum absolute atomic E-state index is 0.207. The quantitative estimate of drug-likeness (QED) is 0.815. The van der Waals surface area contributed by atoms with Gasteiger partial charge in [0.15, 0.2) is 0 Å². The van der Waals surface area contributed by atoms with Crippen molar-refractivity contribution in [3.8, 4) is 0 Å². The molecular weight excluding hydrogens is 289 g/mol. The second kappa shape index (κ2) is 6.29. The molecule has 1 amide bonds. The average molecular weight is 304 g/mol. The molecule has 1 aliphatic rings. The average Bonchev–Trinajstić information content (AvgIpc) is 2.50. The molecule has 0 bridgehead atoms. The molecule has 1 atom stereocenters. The summed E-state index contributed by atoms with van der Waals surface area (Å²) >= 11 is -1.14.